The van der Waals surface area contributed by atoms with Crippen LogP contribution in [0.15, 0.2) is 0 Å². The third-order valence-electron chi connectivity index (χ3n) is 2.86. The molecule has 1 fully saturated rings. The van der Waals surface area contributed by atoms with E-state index in [-0.39, 0.29) is 18.1 Å². The summed E-state index contributed by atoms with van der Waals surface area (Å²) in [5, 5.41) is 18.5. The molecule has 0 aromatic rings. The monoisotopic (exact) mass is 187 g/mol. The second-order valence-corrected chi connectivity index (χ2v) is 3.76. The van der Waals surface area contributed by atoms with Gasteiger partial charge in [0, 0.05) is 18.5 Å². The van der Waals surface area contributed by atoms with E-state index in [2.05, 4.69) is 0 Å². The molecule has 76 valence electrons. The van der Waals surface area contributed by atoms with E-state index in [0.29, 0.717) is 13.0 Å². The fraction of sp³-hybridized carbons (Fsp3) is 0.889. The maximum Gasteiger partial charge on any atom is 0.407 e. The molecule has 0 radical (unpaired) electrons. The zero-order valence-corrected chi connectivity index (χ0v) is 8.10. The second kappa shape index (κ2) is 3.96. The summed E-state index contributed by atoms with van der Waals surface area (Å²) >= 11 is 0. The van der Waals surface area contributed by atoms with Gasteiger partial charge in [0.2, 0.25) is 0 Å². The maximum absolute atomic E-state index is 10.8. The molecule has 4 heteroatoms. The van der Waals surface area contributed by atoms with Gasteiger partial charge in [-0.1, -0.05) is 6.92 Å². The minimum atomic E-state index is -0.877. The molecule has 0 aromatic heterocycles. The minimum Gasteiger partial charge on any atom is -0.465 e. The number of hydrogen-bond donors (Lipinski definition) is 2. The van der Waals surface area contributed by atoms with Gasteiger partial charge in [-0.15, -0.1) is 0 Å². The summed E-state index contributed by atoms with van der Waals surface area (Å²) in [6, 6.07) is -0.0599. The topological polar surface area (TPSA) is 60.8 Å². The molecule has 0 spiro atoms. The fourth-order valence-corrected chi connectivity index (χ4v) is 1.89. The van der Waals surface area contributed by atoms with Gasteiger partial charge in [0.05, 0.1) is 6.10 Å². The first kappa shape index (κ1) is 10.3. The van der Waals surface area contributed by atoms with Crippen molar-refractivity contribution in [2.45, 2.75) is 38.8 Å². The van der Waals surface area contributed by atoms with E-state index in [1.807, 2.05) is 13.8 Å². The van der Waals surface area contributed by atoms with E-state index in [1.165, 1.54) is 4.90 Å². The fourth-order valence-electron chi connectivity index (χ4n) is 1.89. The molecule has 0 unspecified atom stereocenters. The Kier molecular flexibility index (Phi) is 3.14. The molecular weight excluding hydrogens is 170 g/mol. The van der Waals surface area contributed by atoms with Crippen molar-refractivity contribution in [2.24, 2.45) is 5.92 Å². The Balaban J connectivity index is 2.63. The highest BCUT2D eigenvalue weighted by atomic mass is 16.4. The van der Waals surface area contributed by atoms with Gasteiger partial charge in [-0.3, -0.25) is 0 Å². The molecule has 0 saturated carbocycles. The Labute approximate surface area is 78.2 Å². The van der Waals surface area contributed by atoms with Crippen LogP contribution in [0.1, 0.15) is 26.7 Å². The zero-order valence-electron chi connectivity index (χ0n) is 8.10. The standard InChI is InChI=1S/C9H17NO3/c1-3-7-5-10(9(12)13)6(2)4-8(7)11/h6-8,11H,3-5H2,1-2H3,(H,12,13)/t6-,7-,8-/m0/s1. The molecule has 1 saturated heterocycles. The number of hydrogen-bond acceptors (Lipinski definition) is 2. The first-order valence-corrected chi connectivity index (χ1v) is 4.73. The summed E-state index contributed by atoms with van der Waals surface area (Å²) in [7, 11) is 0. The number of carboxylic acid groups (broad SMARTS) is 1. The van der Waals surface area contributed by atoms with Gasteiger partial charge < -0.3 is 15.1 Å². The Morgan fingerprint density at radius 1 is 1.62 bits per heavy atom. The molecule has 13 heavy (non-hydrogen) atoms. The average Bonchev–Trinajstić information content (AvgIpc) is 2.03. The van der Waals surface area contributed by atoms with Crippen LogP contribution in [0, 0.1) is 5.92 Å². The lowest BCUT2D eigenvalue weighted by Crippen LogP contribution is -2.50. The first-order valence-electron chi connectivity index (χ1n) is 4.73. The van der Waals surface area contributed by atoms with Crippen LogP contribution in [0.3, 0.4) is 0 Å². The summed E-state index contributed by atoms with van der Waals surface area (Å²) in [5.74, 6) is 0.104. The van der Waals surface area contributed by atoms with Crippen molar-refractivity contribution in [3.63, 3.8) is 0 Å². The van der Waals surface area contributed by atoms with Crippen LogP contribution in [0.5, 0.6) is 0 Å². The number of aliphatic hydroxyl groups excluding tert-OH is 1. The molecule has 3 atom stereocenters. The van der Waals surface area contributed by atoms with Crippen molar-refractivity contribution < 1.29 is 15.0 Å². The highest BCUT2D eigenvalue weighted by Gasteiger charge is 2.33. The Hall–Kier alpha value is -0.770. The normalized spacial score (nSPS) is 34.7. The van der Waals surface area contributed by atoms with Crippen molar-refractivity contribution in [3.8, 4) is 0 Å². The van der Waals surface area contributed by atoms with Crippen molar-refractivity contribution >= 4 is 6.09 Å². The van der Waals surface area contributed by atoms with Crippen LogP contribution >= 0.6 is 0 Å². The predicted octanol–water partition coefficient (Wildman–Crippen LogP) is 1.15. The molecule has 2 N–H and O–H groups in total. The van der Waals surface area contributed by atoms with Crippen molar-refractivity contribution in [2.75, 3.05) is 6.54 Å². The van der Waals surface area contributed by atoms with E-state index in [9.17, 15) is 9.90 Å². The number of amides is 1. The van der Waals surface area contributed by atoms with E-state index >= 15 is 0 Å². The maximum atomic E-state index is 10.8. The lowest BCUT2D eigenvalue weighted by molar-refractivity contribution is 0.00345. The Morgan fingerprint density at radius 3 is 2.69 bits per heavy atom. The second-order valence-electron chi connectivity index (χ2n) is 3.76. The number of likely N-dealkylation sites (tertiary alicyclic amines) is 1. The highest BCUT2D eigenvalue weighted by Crippen LogP contribution is 2.24. The van der Waals surface area contributed by atoms with E-state index < -0.39 is 6.09 Å². The summed E-state index contributed by atoms with van der Waals surface area (Å²) in [5.41, 5.74) is 0. The molecule has 4 nitrogen and oxygen atoms in total. The Morgan fingerprint density at radius 2 is 2.23 bits per heavy atom. The summed E-state index contributed by atoms with van der Waals surface area (Å²) < 4.78 is 0. The average molecular weight is 187 g/mol. The van der Waals surface area contributed by atoms with Crippen LogP contribution in [0.4, 0.5) is 4.79 Å². The molecule has 0 bridgehead atoms. The molecule has 1 heterocycles. The van der Waals surface area contributed by atoms with E-state index in [0.717, 1.165) is 6.42 Å². The van der Waals surface area contributed by atoms with Crippen LogP contribution in [-0.4, -0.2) is 39.9 Å². The van der Waals surface area contributed by atoms with Gasteiger partial charge in [-0.05, 0) is 19.8 Å². The molecule has 1 aliphatic rings. The molecule has 0 aliphatic carbocycles. The van der Waals surface area contributed by atoms with Gasteiger partial charge in [-0.25, -0.2) is 4.79 Å². The lowest BCUT2D eigenvalue weighted by atomic mass is 9.89. The van der Waals surface area contributed by atoms with Crippen LogP contribution in [0.2, 0.25) is 0 Å². The van der Waals surface area contributed by atoms with Gasteiger partial charge >= 0.3 is 6.09 Å². The van der Waals surface area contributed by atoms with E-state index in [1.54, 1.807) is 0 Å². The highest BCUT2D eigenvalue weighted by molar-refractivity contribution is 5.65. The summed E-state index contributed by atoms with van der Waals surface area (Å²) in [4.78, 5) is 12.2. The smallest absolute Gasteiger partial charge is 0.407 e. The molecule has 1 aliphatic heterocycles. The first-order chi connectivity index (χ1) is 6.06. The lowest BCUT2D eigenvalue weighted by Gasteiger charge is -2.38. The van der Waals surface area contributed by atoms with Crippen molar-refractivity contribution in [1.29, 1.82) is 0 Å². The number of aliphatic hydroxyl groups is 1. The third kappa shape index (κ3) is 2.12. The summed E-state index contributed by atoms with van der Waals surface area (Å²) in [6.07, 6.45) is 0.177. The van der Waals surface area contributed by atoms with Gasteiger partial charge in [0.15, 0.2) is 0 Å². The van der Waals surface area contributed by atoms with Crippen LogP contribution in [0.25, 0.3) is 0 Å². The molecule has 1 rings (SSSR count). The summed E-state index contributed by atoms with van der Waals surface area (Å²) in [6.45, 7) is 4.28. The van der Waals surface area contributed by atoms with Gasteiger partial charge in [0.25, 0.3) is 0 Å². The number of carbonyl (C=O) groups is 1. The number of nitrogens with zero attached hydrogens (tertiary/aromatic N) is 1. The third-order valence-corrected chi connectivity index (χ3v) is 2.86. The Bertz CT molecular complexity index is 195. The van der Waals surface area contributed by atoms with Gasteiger partial charge in [0.1, 0.15) is 0 Å². The molecule has 1 amide bonds. The van der Waals surface area contributed by atoms with Crippen LogP contribution in [-0.2, 0) is 0 Å². The van der Waals surface area contributed by atoms with E-state index in [4.69, 9.17) is 5.11 Å². The zero-order chi connectivity index (χ0) is 10.0. The minimum absolute atomic E-state index is 0.0599. The largest absolute Gasteiger partial charge is 0.465 e. The number of piperidine rings is 1. The molecular formula is C9H17NO3. The van der Waals surface area contributed by atoms with Crippen LogP contribution < -0.4 is 0 Å². The SMILES string of the molecule is CC[C@H]1CN(C(=O)O)[C@@H](C)C[C@@H]1O. The van der Waals surface area contributed by atoms with Crippen molar-refractivity contribution in [1.82, 2.24) is 4.90 Å². The molecule has 0 aromatic carbocycles. The predicted molar refractivity (Wildman–Crippen MR) is 48.6 cm³/mol. The van der Waals surface area contributed by atoms with Gasteiger partial charge in [-0.2, -0.15) is 0 Å². The number of rotatable bonds is 1. The quantitative estimate of drug-likeness (QED) is 0.647. The van der Waals surface area contributed by atoms with Crippen molar-refractivity contribution in [3.05, 3.63) is 0 Å².